The van der Waals surface area contributed by atoms with E-state index in [4.69, 9.17) is 0 Å². The van der Waals surface area contributed by atoms with Crippen LogP contribution < -0.4 is 10.9 Å². The number of aryl methyl sites for hydroxylation is 1. The molecule has 0 aliphatic carbocycles. The zero-order valence-electron chi connectivity index (χ0n) is 17.7. The van der Waals surface area contributed by atoms with Crippen molar-refractivity contribution in [3.8, 4) is 21.1 Å². The fraction of sp³-hybridized carbons (Fsp3) is 0.125. The second-order valence-electron chi connectivity index (χ2n) is 7.37. The van der Waals surface area contributed by atoms with Gasteiger partial charge in [-0.1, -0.05) is 30.3 Å². The van der Waals surface area contributed by atoms with Gasteiger partial charge in [0.15, 0.2) is 0 Å². The van der Waals surface area contributed by atoms with Crippen LogP contribution in [0.5, 0.6) is 0 Å². The standard InChI is InChI=1S/C24H19N5O2S2/c1-15-22(33-24(27-15)16-5-3-2-4-6-16)19-9-10-21(30)29(28-19)12-11-25-23(31)17-7-8-18-20(13-17)32-14-26-18/h2-10,13-14H,11-12H2,1H3,(H,25,31). The van der Waals surface area contributed by atoms with Gasteiger partial charge in [-0.3, -0.25) is 9.59 Å². The fourth-order valence-electron chi connectivity index (χ4n) is 3.44. The largest absolute Gasteiger partial charge is 0.350 e. The van der Waals surface area contributed by atoms with Gasteiger partial charge in [-0.2, -0.15) is 5.10 Å². The molecule has 3 aromatic heterocycles. The van der Waals surface area contributed by atoms with Crippen LogP contribution in [0.2, 0.25) is 0 Å². The van der Waals surface area contributed by atoms with E-state index in [2.05, 4.69) is 20.4 Å². The number of hydrogen-bond donors (Lipinski definition) is 1. The van der Waals surface area contributed by atoms with Gasteiger partial charge < -0.3 is 5.32 Å². The lowest BCUT2D eigenvalue weighted by Crippen LogP contribution is -2.31. The molecule has 0 spiro atoms. The molecule has 0 fully saturated rings. The summed E-state index contributed by atoms with van der Waals surface area (Å²) >= 11 is 3.04. The van der Waals surface area contributed by atoms with E-state index in [1.807, 2.05) is 49.4 Å². The lowest BCUT2D eigenvalue weighted by Gasteiger charge is -2.08. The molecular weight excluding hydrogens is 454 g/mol. The third-order valence-corrected chi connectivity index (χ3v) is 7.14. The summed E-state index contributed by atoms with van der Waals surface area (Å²) in [6.45, 7) is 2.49. The molecule has 33 heavy (non-hydrogen) atoms. The Bertz CT molecular complexity index is 1500. The van der Waals surface area contributed by atoms with Gasteiger partial charge in [0.05, 0.1) is 32.8 Å². The van der Waals surface area contributed by atoms with Crippen LogP contribution in [0.1, 0.15) is 16.1 Å². The summed E-state index contributed by atoms with van der Waals surface area (Å²) in [6.07, 6.45) is 0. The van der Waals surface area contributed by atoms with Crippen LogP contribution >= 0.6 is 22.7 Å². The summed E-state index contributed by atoms with van der Waals surface area (Å²) in [5.41, 5.74) is 5.57. The maximum atomic E-state index is 12.5. The molecule has 0 aliphatic rings. The first-order valence-corrected chi connectivity index (χ1v) is 12.0. The Morgan fingerprint density at radius 2 is 1.94 bits per heavy atom. The van der Waals surface area contributed by atoms with Crippen LogP contribution in [0.25, 0.3) is 31.4 Å². The number of carbonyl (C=O) groups excluding carboxylic acids is 1. The van der Waals surface area contributed by atoms with E-state index in [0.717, 1.165) is 31.4 Å². The number of nitrogens with zero attached hydrogens (tertiary/aromatic N) is 4. The average molecular weight is 474 g/mol. The van der Waals surface area contributed by atoms with Crippen LogP contribution in [-0.2, 0) is 6.54 Å². The van der Waals surface area contributed by atoms with Crippen molar-refractivity contribution in [3.63, 3.8) is 0 Å². The molecule has 0 bridgehead atoms. The quantitative estimate of drug-likeness (QED) is 0.395. The molecule has 3 heterocycles. The number of benzene rings is 2. The number of thiazole rings is 2. The third kappa shape index (κ3) is 4.46. The van der Waals surface area contributed by atoms with E-state index in [1.165, 1.54) is 22.1 Å². The normalized spacial score (nSPS) is 11.1. The van der Waals surface area contributed by atoms with E-state index in [1.54, 1.807) is 29.0 Å². The van der Waals surface area contributed by atoms with E-state index in [0.29, 0.717) is 11.3 Å². The van der Waals surface area contributed by atoms with Crippen LogP contribution in [0.15, 0.2) is 71.0 Å². The summed E-state index contributed by atoms with van der Waals surface area (Å²) in [7, 11) is 0. The van der Waals surface area contributed by atoms with E-state index in [-0.39, 0.29) is 24.6 Å². The van der Waals surface area contributed by atoms with Gasteiger partial charge in [0.2, 0.25) is 0 Å². The second-order valence-corrected chi connectivity index (χ2v) is 9.26. The van der Waals surface area contributed by atoms with Gasteiger partial charge >= 0.3 is 0 Å². The molecule has 7 nitrogen and oxygen atoms in total. The van der Waals surface area contributed by atoms with Crippen molar-refractivity contribution < 1.29 is 4.79 Å². The maximum absolute atomic E-state index is 12.5. The Morgan fingerprint density at radius 3 is 2.79 bits per heavy atom. The minimum absolute atomic E-state index is 0.194. The number of aromatic nitrogens is 4. The van der Waals surface area contributed by atoms with Gasteiger partial charge in [-0.05, 0) is 31.2 Å². The molecule has 0 atom stereocenters. The van der Waals surface area contributed by atoms with E-state index in [9.17, 15) is 9.59 Å². The molecule has 0 saturated carbocycles. The van der Waals surface area contributed by atoms with Gasteiger partial charge in [0.25, 0.3) is 11.5 Å². The fourth-order valence-corrected chi connectivity index (χ4v) is 5.20. The third-order valence-electron chi connectivity index (χ3n) is 5.12. The topological polar surface area (TPSA) is 89.8 Å². The van der Waals surface area contributed by atoms with Crippen molar-refractivity contribution in [2.75, 3.05) is 6.54 Å². The maximum Gasteiger partial charge on any atom is 0.266 e. The molecule has 9 heteroatoms. The molecule has 0 aliphatic heterocycles. The zero-order chi connectivity index (χ0) is 22.8. The van der Waals surface area contributed by atoms with Crippen molar-refractivity contribution in [2.24, 2.45) is 0 Å². The first-order valence-electron chi connectivity index (χ1n) is 10.3. The van der Waals surface area contributed by atoms with Crippen LogP contribution in [0.3, 0.4) is 0 Å². The first kappa shape index (κ1) is 21.2. The number of amides is 1. The molecule has 164 valence electrons. The summed E-state index contributed by atoms with van der Waals surface area (Å²) < 4.78 is 2.34. The SMILES string of the molecule is Cc1nc(-c2ccccc2)sc1-c1ccc(=O)n(CCNC(=O)c2ccc3ncsc3c2)n1. The molecular formula is C24H19N5O2S2. The minimum Gasteiger partial charge on any atom is -0.350 e. The Labute approximate surface area is 197 Å². The number of fused-ring (bicyclic) bond motifs is 1. The van der Waals surface area contributed by atoms with Crippen molar-refractivity contribution >= 4 is 38.8 Å². The highest BCUT2D eigenvalue weighted by Crippen LogP contribution is 2.33. The van der Waals surface area contributed by atoms with E-state index >= 15 is 0 Å². The second kappa shape index (κ2) is 9.05. The van der Waals surface area contributed by atoms with Gasteiger partial charge in [0.1, 0.15) is 10.7 Å². The first-order chi connectivity index (χ1) is 16.1. The number of nitrogens with one attached hydrogen (secondary N) is 1. The Hall–Kier alpha value is -3.69. The predicted octanol–water partition coefficient (Wildman–Crippen LogP) is 4.38. The van der Waals surface area contributed by atoms with Crippen LogP contribution in [0, 0.1) is 6.92 Å². The van der Waals surface area contributed by atoms with Crippen molar-refractivity contribution in [3.05, 3.63) is 87.8 Å². The Balaban J connectivity index is 1.30. The highest BCUT2D eigenvalue weighted by molar-refractivity contribution is 7.18. The highest BCUT2D eigenvalue weighted by atomic mass is 32.1. The highest BCUT2D eigenvalue weighted by Gasteiger charge is 2.14. The zero-order valence-corrected chi connectivity index (χ0v) is 19.3. The Kier molecular flexibility index (Phi) is 5.80. The average Bonchev–Trinajstić information content (AvgIpc) is 3.47. The van der Waals surface area contributed by atoms with Crippen molar-refractivity contribution in [1.29, 1.82) is 0 Å². The van der Waals surface area contributed by atoms with E-state index < -0.39 is 0 Å². The molecule has 5 rings (SSSR count). The Morgan fingerprint density at radius 1 is 1.09 bits per heavy atom. The molecule has 0 radical (unpaired) electrons. The summed E-state index contributed by atoms with van der Waals surface area (Å²) in [4.78, 5) is 34.7. The van der Waals surface area contributed by atoms with Crippen molar-refractivity contribution in [2.45, 2.75) is 13.5 Å². The minimum atomic E-state index is -0.218. The lowest BCUT2D eigenvalue weighted by molar-refractivity contribution is 0.0952. The molecule has 0 unspecified atom stereocenters. The molecule has 2 aromatic carbocycles. The summed E-state index contributed by atoms with van der Waals surface area (Å²) in [5, 5.41) is 8.30. The predicted molar refractivity (Wildman–Crippen MR) is 132 cm³/mol. The smallest absolute Gasteiger partial charge is 0.266 e. The van der Waals surface area contributed by atoms with Crippen LogP contribution in [-0.4, -0.2) is 32.2 Å². The van der Waals surface area contributed by atoms with Crippen molar-refractivity contribution in [1.82, 2.24) is 25.1 Å². The van der Waals surface area contributed by atoms with Gasteiger partial charge in [0, 0.05) is 23.7 Å². The molecule has 1 amide bonds. The monoisotopic (exact) mass is 473 g/mol. The number of rotatable bonds is 6. The molecule has 5 aromatic rings. The summed E-state index contributed by atoms with van der Waals surface area (Å²) in [5.74, 6) is -0.194. The van der Waals surface area contributed by atoms with Gasteiger partial charge in [-0.25, -0.2) is 14.6 Å². The molecule has 0 saturated heterocycles. The van der Waals surface area contributed by atoms with Crippen LogP contribution in [0.4, 0.5) is 0 Å². The number of carbonyl (C=O) groups is 1. The lowest BCUT2D eigenvalue weighted by atomic mass is 10.2. The molecule has 1 N–H and O–H groups in total. The number of hydrogen-bond acceptors (Lipinski definition) is 7. The summed E-state index contributed by atoms with van der Waals surface area (Å²) in [6, 6.07) is 18.6. The van der Waals surface area contributed by atoms with Gasteiger partial charge in [-0.15, -0.1) is 22.7 Å².